The van der Waals surface area contributed by atoms with Gasteiger partial charge in [-0.15, -0.1) is 0 Å². The quantitative estimate of drug-likeness (QED) is 0.857. The van der Waals surface area contributed by atoms with Crippen LogP contribution in [0.4, 0.5) is 11.4 Å². The van der Waals surface area contributed by atoms with Gasteiger partial charge in [0.2, 0.25) is 11.8 Å². The van der Waals surface area contributed by atoms with Crippen LogP contribution in [0.5, 0.6) is 0 Å². The van der Waals surface area contributed by atoms with Gasteiger partial charge in [0.1, 0.15) is 6.61 Å². The van der Waals surface area contributed by atoms with Crippen molar-refractivity contribution in [1.82, 2.24) is 0 Å². The van der Waals surface area contributed by atoms with Gasteiger partial charge in [-0.1, -0.05) is 0 Å². The van der Waals surface area contributed by atoms with E-state index >= 15 is 0 Å². The number of carbonyl (C=O) groups excluding carboxylic acids is 2. The van der Waals surface area contributed by atoms with E-state index in [1.807, 2.05) is 20.8 Å². The zero-order valence-corrected chi connectivity index (χ0v) is 11.7. The lowest BCUT2D eigenvalue weighted by molar-refractivity contribution is -0.122. The molecule has 0 heterocycles. The second kappa shape index (κ2) is 6.89. The third kappa shape index (κ3) is 5.52. The summed E-state index contributed by atoms with van der Waals surface area (Å²) >= 11 is 0. The summed E-state index contributed by atoms with van der Waals surface area (Å²) in [5, 5.41) is 5.46. The molecule has 0 aliphatic carbocycles. The Kier molecular flexibility index (Phi) is 5.51. The van der Waals surface area contributed by atoms with Gasteiger partial charge in [0.25, 0.3) is 0 Å². The number of carbonyl (C=O) groups is 2. The van der Waals surface area contributed by atoms with Crippen LogP contribution in [0, 0.1) is 6.92 Å². The number of amides is 2. The topological polar surface area (TPSA) is 67.4 Å². The van der Waals surface area contributed by atoms with Crippen molar-refractivity contribution in [1.29, 1.82) is 0 Å². The number of benzene rings is 1. The Morgan fingerprint density at radius 2 is 1.95 bits per heavy atom. The maximum absolute atomic E-state index is 11.6. The standard InChI is InChI=1S/C14H20N2O3/c1-9(2)19-8-14(18)16-12-5-6-13(10(3)7-12)15-11(4)17/h5-7,9H,8H2,1-4H3,(H,15,17)(H,16,18). The Balaban J connectivity index is 2.63. The SMILES string of the molecule is CC(=O)Nc1ccc(NC(=O)COC(C)C)cc1C. The minimum absolute atomic E-state index is 0.0228. The van der Waals surface area contributed by atoms with Gasteiger partial charge >= 0.3 is 0 Å². The molecule has 0 unspecified atom stereocenters. The van der Waals surface area contributed by atoms with Gasteiger partial charge in [-0.25, -0.2) is 0 Å². The molecule has 0 bridgehead atoms. The molecule has 0 atom stereocenters. The Bertz CT molecular complexity index is 470. The molecule has 104 valence electrons. The van der Waals surface area contributed by atoms with Crippen molar-refractivity contribution in [2.45, 2.75) is 33.8 Å². The lowest BCUT2D eigenvalue weighted by atomic mass is 10.1. The second-order valence-electron chi connectivity index (χ2n) is 4.62. The summed E-state index contributed by atoms with van der Waals surface area (Å²) in [6.45, 7) is 7.10. The van der Waals surface area contributed by atoms with Gasteiger partial charge in [0.15, 0.2) is 0 Å². The molecule has 2 amide bonds. The number of ether oxygens (including phenoxy) is 1. The first-order valence-electron chi connectivity index (χ1n) is 6.18. The van der Waals surface area contributed by atoms with Crippen LogP contribution in [0.15, 0.2) is 18.2 Å². The monoisotopic (exact) mass is 264 g/mol. The van der Waals surface area contributed by atoms with E-state index in [0.29, 0.717) is 5.69 Å². The summed E-state index contributed by atoms with van der Waals surface area (Å²) in [4.78, 5) is 22.6. The minimum atomic E-state index is -0.194. The highest BCUT2D eigenvalue weighted by Crippen LogP contribution is 2.19. The molecule has 19 heavy (non-hydrogen) atoms. The lowest BCUT2D eigenvalue weighted by Gasteiger charge is -2.11. The first-order chi connectivity index (χ1) is 8.88. The van der Waals surface area contributed by atoms with Crippen LogP contribution in [0.1, 0.15) is 26.3 Å². The van der Waals surface area contributed by atoms with Gasteiger partial charge in [-0.05, 0) is 44.5 Å². The fraction of sp³-hybridized carbons (Fsp3) is 0.429. The molecular weight excluding hydrogens is 244 g/mol. The minimum Gasteiger partial charge on any atom is -0.369 e. The van der Waals surface area contributed by atoms with Gasteiger partial charge in [-0.3, -0.25) is 9.59 Å². The van der Waals surface area contributed by atoms with Crippen LogP contribution in [-0.4, -0.2) is 24.5 Å². The van der Waals surface area contributed by atoms with Crippen molar-refractivity contribution >= 4 is 23.2 Å². The van der Waals surface area contributed by atoms with Gasteiger partial charge in [0, 0.05) is 18.3 Å². The first kappa shape index (κ1) is 15.2. The molecule has 5 heteroatoms. The fourth-order valence-electron chi connectivity index (χ4n) is 1.51. The van der Waals surface area contributed by atoms with Crippen LogP contribution in [-0.2, 0) is 14.3 Å². The number of nitrogens with one attached hydrogen (secondary N) is 2. The average molecular weight is 264 g/mol. The third-order valence-corrected chi connectivity index (χ3v) is 2.37. The molecular formula is C14H20N2O3. The van der Waals surface area contributed by atoms with E-state index in [1.54, 1.807) is 18.2 Å². The van der Waals surface area contributed by atoms with Crippen LogP contribution in [0.2, 0.25) is 0 Å². The van der Waals surface area contributed by atoms with E-state index in [0.717, 1.165) is 11.3 Å². The summed E-state index contributed by atoms with van der Waals surface area (Å²) in [6, 6.07) is 5.31. The normalized spacial score (nSPS) is 10.4. The number of aryl methyl sites for hydroxylation is 1. The highest BCUT2D eigenvalue weighted by atomic mass is 16.5. The molecule has 0 fully saturated rings. The highest BCUT2D eigenvalue weighted by Gasteiger charge is 2.06. The molecule has 0 aliphatic rings. The predicted octanol–water partition coefficient (Wildman–Crippen LogP) is 2.32. The van der Waals surface area contributed by atoms with Crippen molar-refractivity contribution in [3.8, 4) is 0 Å². The molecule has 1 aromatic carbocycles. The summed E-state index contributed by atoms with van der Waals surface area (Å²) < 4.78 is 5.21. The Hall–Kier alpha value is -1.88. The number of anilines is 2. The lowest BCUT2D eigenvalue weighted by Crippen LogP contribution is -2.20. The van der Waals surface area contributed by atoms with E-state index < -0.39 is 0 Å². The van der Waals surface area contributed by atoms with Gasteiger partial charge in [-0.2, -0.15) is 0 Å². The molecule has 0 spiro atoms. The zero-order chi connectivity index (χ0) is 14.4. The zero-order valence-electron chi connectivity index (χ0n) is 11.7. The third-order valence-electron chi connectivity index (χ3n) is 2.37. The van der Waals surface area contributed by atoms with Crippen LogP contribution in [0.3, 0.4) is 0 Å². The predicted molar refractivity (Wildman–Crippen MR) is 75.2 cm³/mol. The first-order valence-corrected chi connectivity index (χ1v) is 6.18. The van der Waals surface area contributed by atoms with Crippen molar-refractivity contribution < 1.29 is 14.3 Å². The van der Waals surface area contributed by atoms with E-state index in [2.05, 4.69) is 10.6 Å². The van der Waals surface area contributed by atoms with E-state index in [4.69, 9.17) is 4.74 Å². The Labute approximate surface area is 113 Å². The van der Waals surface area contributed by atoms with Crippen LogP contribution >= 0.6 is 0 Å². The maximum atomic E-state index is 11.6. The summed E-state index contributed by atoms with van der Waals surface area (Å²) in [6.07, 6.45) is 0.0228. The molecule has 2 N–H and O–H groups in total. The molecule has 0 radical (unpaired) electrons. The second-order valence-corrected chi connectivity index (χ2v) is 4.62. The highest BCUT2D eigenvalue weighted by molar-refractivity contribution is 5.93. The van der Waals surface area contributed by atoms with Crippen molar-refractivity contribution in [3.63, 3.8) is 0 Å². The summed E-state index contributed by atoms with van der Waals surface area (Å²) in [5.74, 6) is -0.314. The number of rotatable bonds is 5. The van der Waals surface area contributed by atoms with Crippen LogP contribution < -0.4 is 10.6 Å². The smallest absolute Gasteiger partial charge is 0.250 e. The fourth-order valence-corrected chi connectivity index (χ4v) is 1.51. The molecule has 0 saturated carbocycles. The van der Waals surface area contributed by atoms with E-state index in [-0.39, 0.29) is 24.5 Å². The van der Waals surface area contributed by atoms with Crippen LogP contribution in [0.25, 0.3) is 0 Å². The summed E-state index contributed by atoms with van der Waals surface area (Å²) in [7, 11) is 0. The van der Waals surface area contributed by atoms with Crippen molar-refractivity contribution in [2.24, 2.45) is 0 Å². The largest absolute Gasteiger partial charge is 0.369 e. The molecule has 0 aromatic heterocycles. The maximum Gasteiger partial charge on any atom is 0.250 e. The molecule has 5 nitrogen and oxygen atoms in total. The molecule has 1 rings (SSSR count). The number of hydrogen-bond donors (Lipinski definition) is 2. The Morgan fingerprint density at radius 1 is 1.26 bits per heavy atom. The Morgan fingerprint density at radius 3 is 2.47 bits per heavy atom. The number of hydrogen-bond acceptors (Lipinski definition) is 3. The molecule has 0 aliphatic heterocycles. The van der Waals surface area contributed by atoms with Gasteiger partial charge in [0.05, 0.1) is 6.10 Å². The average Bonchev–Trinajstić information content (AvgIpc) is 2.29. The van der Waals surface area contributed by atoms with Crippen molar-refractivity contribution in [2.75, 3.05) is 17.2 Å². The van der Waals surface area contributed by atoms with E-state index in [9.17, 15) is 9.59 Å². The molecule has 1 aromatic rings. The molecule has 0 saturated heterocycles. The van der Waals surface area contributed by atoms with E-state index in [1.165, 1.54) is 6.92 Å². The summed E-state index contributed by atoms with van der Waals surface area (Å²) in [5.41, 5.74) is 2.31. The van der Waals surface area contributed by atoms with Gasteiger partial charge < -0.3 is 15.4 Å². The van der Waals surface area contributed by atoms with Crippen molar-refractivity contribution in [3.05, 3.63) is 23.8 Å².